The number of nitrogens with zero attached hydrogens (tertiary/aromatic N) is 6. The topological polar surface area (TPSA) is 76.8 Å². The minimum absolute atomic E-state index is 0.160. The highest BCUT2D eigenvalue weighted by atomic mass is 32.2. The molecule has 0 spiro atoms. The van der Waals surface area contributed by atoms with Crippen molar-refractivity contribution in [2.75, 3.05) is 4.90 Å². The van der Waals surface area contributed by atoms with Gasteiger partial charge in [-0.2, -0.15) is 0 Å². The fraction of sp³-hybridized carbons (Fsp3) is 0.312. The summed E-state index contributed by atoms with van der Waals surface area (Å²) in [6.45, 7) is 5.39. The second kappa shape index (κ2) is 7.92. The molecule has 7 nitrogen and oxygen atoms in total. The quantitative estimate of drug-likeness (QED) is 0.594. The van der Waals surface area contributed by atoms with Crippen molar-refractivity contribution in [3.63, 3.8) is 0 Å². The number of thiazole rings is 1. The van der Waals surface area contributed by atoms with E-state index in [9.17, 15) is 9.18 Å². The highest BCUT2D eigenvalue weighted by Crippen LogP contribution is 2.32. The molecule has 0 saturated heterocycles. The molecule has 1 aromatic carbocycles. The minimum Gasteiger partial charge on any atom is -0.274 e. The summed E-state index contributed by atoms with van der Waals surface area (Å²) in [5.41, 5.74) is 0.966. The Balaban J connectivity index is 1.79. The van der Waals surface area contributed by atoms with Gasteiger partial charge >= 0.3 is 0 Å². The van der Waals surface area contributed by atoms with Gasteiger partial charge in [-0.15, -0.1) is 16.4 Å². The van der Waals surface area contributed by atoms with Crippen LogP contribution in [0.15, 0.2) is 34.8 Å². The van der Waals surface area contributed by atoms with Gasteiger partial charge in [0.2, 0.25) is 11.1 Å². The molecule has 0 saturated carbocycles. The van der Waals surface area contributed by atoms with Crippen molar-refractivity contribution >= 4 is 39.8 Å². The Morgan fingerprint density at radius 2 is 2.15 bits per heavy atom. The Morgan fingerprint density at radius 3 is 2.85 bits per heavy atom. The van der Waals surface area contributed by atoms with Crippen LogP contribution in [0, 0.1) is 5.82 Å². The Morgan fingerprint density at radius 1 is 1.38 bits per heavy atom. The van der Waals surface area contributed by atoms with Crippen LogP contribution >= 0.6 is 23.1 Å². The number of hydrogen-bond donors (Lipinski definition) is 0. The van der Waals surface area contributed by atoms with E-state index in [0.29, 0.717) is 16.0 Å². The van der Waals surface area contributed by atoms with E-state index in [1.54, 1.807) is 22.9 Å². The van der Waals surface area contributed by atoms with E-state index in [0.717, 1.165) is 5.69 Å². The molecule has 2 heterocycles. The second-order valence-electron chi connectivity index (χ2n) is 5.72. The van der Waals surface area contributed by atoms with Crippen LogP contribution in [0.5, 0.6) is 0 Å². The number of benzene rings is 1. The number of halogens is 1. The van der Waals surface area contributed by atoms with Gasteiger partial charge in [-0.1, -0.05) is 23.9 Å². The first kappa shape index (κ1) is 18.5. The summed E-state index contributed by atoms with van der Waals surface area (Å²) >= 11 is 2.75. The molecule has 0 fully saturated rings. The van der Waals surface area contributed by atoms with Crippen LogP contribution in [0.1, 0.15) is 32.5 Å². The number of tetrazole rings is 1. The van der Waals surface area contributed by atoms with E-state index in [4.69, 9.17) is 0 Å². The zero-order valence-electron chi connectivity index (χ0n) is 14.5. The maximum atomic E-state index is 14.1. The average molecular weight is 392 g/mol. The van der Waals surface area contributed by atoms with Gasteiger partial charge < -0.3 is 0 Å². The first-order valence-electron chi connectivity index (χ1n) is 7.87. The maximum absolute atomic E-state index is 14.1. The SMILES string of the molecule is CC(=O)N(c1nc(CSc2nnnn2C(C)C)cs1)c1ccccc1F. The summed E-state index contributed by atoms with van der Waals surface area (Å²) in [6.07, 6.45) is 0. The lowest BCUT2D eigenvalue weighted by molar-refractivity contribution is -0.115. The van der Waals surface area contributed by atoms with Gasteiger partial charge in [-0.25, -0.2) is 14.1 Å². The van der Waals surface area contributed by atoms with Crippen molar-refractivity contribution in [2.24, 2.45) is 0 Å². The smallest absolute Gasteiger partial charge is 0.230 e. The summed E-state index contributed by atoms with van der Waals surface area (Å²) in [4.78, 5) is 17.8. The predicted molar refractivity (Wildman–Crippen MR) is 99.1 cm³/mol. The third kappa shape index (κ3) is 3.91. The van der Waals surface area contributed by atoms with Crippen LogP contribution in [0.4, 0.5) is 15.2 Å². The van der Waals surface area contributed by atoms with Crippen molar-refractivity contribution in [3.05, 3.63) is 41.2 Å². The monoisotopic (exact) mass is 392 g/mol. The third-order valence-electron chi connectivity index (χ3n) is 3.44. The van der Waals surface area contributed by atoms with Crippen molar-refractivity contribution in [1.82, 2.24) is 25.2 Å². The Labute approximate surface area is 158 Å². The van der Waals surface area contributed by atoms with Crippen LogP contribution in [-0.4, -0.2) is 31.1 Å². The van der Waals surface area contributed by atoms with E-state index in [1.165, 1.54) is 41.0 Å². The van der Waals surface area contributed by atoms with E-state index in [1.807, 2.05) is 19.2 Å². The molecule has 3 rings (SSSR count). The number of para-hydroxylation sites is 1. The molecule has 136 valence electrons. The Kier molecular flexibility index (Phi) is 5.62. The maximum Gasteiger partial charge on any atom is 0.230 e. The standard InChI is InChI=1S/C16H17FN6OS2/c1-10(2)23-16(19-20-21-23)26-9-12-8-25-15(18-12)22(11(3)24)14-7-5-4-6-13(14)17/h4-8,10H,9H2,1-3H3. The Hall–Kier alpha value is -2.33. The molecular weight excluding hydrogens is 375 g/mol. The van der Waals surface area contributed by atoms with Crippen LogP contribution < -0.4 is 4.90 Å². The minimum atomic E-state index is -0.468. The molecule has 0 aliphatic rings. The molecule has 3 aromatic rings. The van der Waals surface area contributed by atoms with Gasteiger partial charge in [0.15, 0.2) is 5.13 Å². The Bertz CT molecular complexity index is 910. The van der Waals surface area contributed by atoms with Crippen LogP contribution in [-0.2, 0) is 10.5 Å². The van der Waals surface area contributed by atoms with Crippen molar-refractivity contribution in [2.45, 2.75) is 37.7 Å². The molecular formula is C16H17FN6OS2. The number of thioether (sulfide) groups is 1. The molecule has 2 aromatic heterocycles. The van der Waals surface area contributed by atoms with E-state index in [-0.39, 0.29) is 17.6 Å². The molecule has 0 N–H and O–H groups in total. The fourth-order valence-electron chi connectivity index (χ4n) is 2.25. The molecule has 0 bridgehead atoms. The van der Waals surface area contributed by atoms with E-state index >= 15 is 0 Å². The molecule has 26 heavy (non-hydrogen) atoms. The second-order valence-corrected chi connectivity index (χ2v) is 7.49. The normalized spacial score (nSPS) is 11.1. The number of rotatable bonds is 6. The first-order valence-corrected chi connectivity index (χ1v) is 9.74. The van der Waals surface area contributed by atoms with Gasteiger partial charge in [0.05, 0.1) is 17.4 Å². The third-order valence-corrected chi connectivity index (χ3v) is 5.28. The van der Waals surface area contributed by atoms with Crippen molar-refractivity contribution in [1.29, 1.82) is 0 Å². The highest BCUT2D eigenvalue weighted by Gasteiger charge is 2.21. The molecule has 0 radical (unpaired) electrons. The number of amides is 1. The van der Waals surface area contributed by atoms with Gasteiger partial charge in [-0.3, -0.25) is 9.69 Å². The summed E-state index contributed by atoms with van der Waals surface area (Å²) in [7, 11) is 0. The lowest BCUT2D eigenvalue weighted by Gasteiger charge is -2.18. The zero-order valence-corrected chi connectivity index (χ0v) is 16.1. The molecule has 0 aliphatic carbocycles. The number of hydrogen-bond acceptors (Lipinski definition) is 7. The number of aromatic nitrogens is 5. The summed E-state index contributed by atoms with van der Waals surface area (Å²) in [6, 6.07) is 6.31. The molecule has 0 atom stereocenters. The van der Waals surface area contributed by atoms with E-state index in [2.05, 4.69) is 20.5 Å². The van der Waals surface area contributed by atoms with Crippen molar-refractivity contribution in [3.8, 4) is 0 Å². The molecule has 1 amide bonds. The largest absolute Gasteiger partial charge is 0.274 e. The van der Waals surface area contributed by atoms with Gasteiger partial charge in [0, 0.05) is 18.1 Å². The van der Waals surface area contributed by atoms with Gasteiger partial charge in [0.1, 0.15) is 5.82 Å². The fourth-order valence-corrected chi connectivity index (χ4v) is 4.13. The van der Waals surface area contributed by atoms with Gasteiger partial charge in [0.25, 0.3) is 0 Å². The van der Waals surface area contributed by atoms with Crippen LogP contribution in [0.2, 0.25) is 0 Å². The first-order chi connectivity index (χ1) is 12.5. The summed E-state index contributed by atoms with van der Waals surface area (Å²) in [5.74, 6) is -0.218. The lowest BCUT2D eigenvalue weighted by Crippen LogP contribution is -2.23. The lowest BCUT2D eigenvalue weighted by atomic mass is 10.3. The predicted octanol–water partition coefficient (Wildman–Crippen LogP) is 3.83. The van der Waals surface area contributed by atoms with Crippen LogP contribution in [0.25, 0.3) is 0 Å². The summed E-state index contributed by atoms with van der Waals surface area (Å²) in [5, 5.41) is 14.6. The van der Waals surface area contributed by atoms with Crippen LogP contribution in [0.3, 0.4) is 0 Å². The van der Waals surface area contributed by atoms with Crippen molar-refractivity contribution < 1.29 is 9.18 Å². The zero-order chi connectivity index (χ0) is 18.7. The highest BCUT2D eigenvalue weighted by molar-refractivity contribution is 7.98. The molecule has 0 unspecified atom stereocenters. The van der Waals surface area contributed by atoms with Gasteiger partial charge in [-0.05, 0) is 36.4 Å². The molecule has 0 aliphatic heterocycles. The average Bonchev–Trinajstić information content (AvgIpc) is 3.24. The number of anilines is 2. The number of carbonyl (C=O) groups excluding carboxylic acids is 1. The summed E-state index contributed by atoms with van der Waals surface area (Å²) < 4.78 is 15.8. The van der Waals surface area contributed by atoms with E-state index < -0.39 is 5.82 Å². The number of carbonyl (C=O) groups is 1. The molecule has 10 heteroatoms.